The third-order valence-corrected chi connectivity index (χ3v) is 3.95. The standard InChI is InChI=1S/C11H15N3O3S.H2/c1-2-12-18(16,17)8-10(15)9-7-14-6-4-3-5-11(14)13-9;/h3-7,10,12,15H,2,8H2,1H3;1H/t10-;/m0./s1. The highest BCUT2D eigenvalue weighted by atomic mass is 32.2. The lowest BCUT2D eigenvalue weighted by atomic mass is 10.3. The number of nitrogens with one attached hydrogen (secondary N) is 1. The number of pyridine rings is 1. The summed E-state index contributed by atoms with van der Waals surface area (Å²) in [6.45, 7) is 2.00. The van der Waals surface area contributed by atoms with E-state index in [4.69, 9.17) is 0 Å². The van der Waals surface area contributed by atoms with Crippen molar-refractivity contribution < 1.29 is 15.0 Å². The summed E-state index contributed by atoms with van der Waals surface area (Å²) in [5, 5.41) is 9.89. The van der Waals surface area contributed by atoms with E-state index in [0.717, 1.165) is 0 Å². The van der Waals surface area contributed by atoms with Gasteiger partial charge in [-0.3, -0.25) is 0 Å². The molecule has 0 radical (unpaired) electrons. The molecule has 2 rings (SSSR count). The molecule has 100 valence electrons. The molecule has 0 amide bonds. The number of nitrogens with zero attached hydrogens (tertiary/aromatic N) is 2. The number of rotatable bonds is 5. The van der Waals surface area contributed by atoms with Crippen LogP contribution < -0.4 is 4.72 Å². The summed E-state index contributed by atoms with van der Waals surface area (Å²) in [4.78, 5) is 4.18. The lowest BCUT2D eigenvalue weighted by molar-refractivity contribution is 0.197. The van der Waals surface area contributed by atoms with E-state index in [-0.39, 0.29) is 7.18 Å². The molecule has 0 aliphatic rings. The largest absolute Gasteiger partial charge is 0.386 e. The van der Waals surface area contributed by atoms with Gasteiger partial charge < -0.3 is 9.51 Å². The Morgan fingerprint density at radius 2 is 2.33 bits per heavy atom. The maximum atomic E-state index is 11.5. The quantitative estimate of drug-likeness (QED) is 0.832. The van der Waals surface area contributed by atoms with Gasteiger partial charge in [0.05, 0.1) is 11.4 Å². The number of aromatic nitrogens is 2. The van der Waals surface area contributed by atoms with Crippen LogP contribution in [0.5, 0.6) is 0 Å². The molecule has 2 aromatic rings. The minimum Gasteiger partial charge on any atom is -0.386 e. The molecule has 0 saturated heterocycles. The average molecular weight is 271 g/mol. The molecule has 0 saturated carbocycles. The summed E-state index contributed by atoms with van der Waals surface area (Å²) in [6.07, 6.45) is 2.28. The van der Waals surface area contributed by atoms with Crippen LogP contribution in [-0.2, 0) is 10.0 Å². The highest BCUT2D eigenvalue weighted by molar-refractivity contribution is 7.89. The van der Waals surface area contributed by atoms with Crippen LogP contribution in [0.1, 0.15) is 20.1 Å². The molecule has 0 spiro atoms. The SMILES string of the molecule is CCNS(=O)(=O)C[C@H](O)c1cn2ccccc2n1.[HH]. The molecule has 0 fully saturated rings. The zero-order valence-electron chi connectivity index (χ0n) is 9.94. The minimum absolute atomic E-state index is 0. The van der Waals surface area contributed by atoms with Crippen molar-refractivity contribution in [2.75, 3.05) is 12.3 Å². The van der Waals surface area contributed by atoms with E-state index in [1.807, 2.05) is 12.1 Å². The Morgan fingerprint density at radius 1 is 1.56 bits per heavy atom. The molecule has 2 aromatic heterocycles. The van der Waals surface area contributed by atoms with Crippen LogP contribution in [0.25, 0.3) is 5.65 Å². The highest BCUT2D eigenvalue weighted by Crippen LogP contribution is 2.14. The fraction of sp³-hybridized carbons (Fsp3) is 0.364. The number of fused-ring (bicyclic) bond motifs is 1. The van der Waals surface area contributed by atoms with Crippen molar-refractivity contribution in [1.29, 1.82) is 0 Å². The first kappa shape index (κ1) is 13.0. The lowest BCUT2D eigenvalue weighted by Crippen LogP contribution is -2.29. The predicted molar refractivity (Wildman–Crippen MR) is 69.7 cm³/mol. The number of aliphatic hydroxyl groups excluding tert-OH is 1. The summed E-state index contributed by atoms with van der Waals surface area (Å²) < 4.78 is 27.1. The third kappa shape index (κ3) is 2.87. The van der Waals surface area contributed by atoms with E-state index < -0.39 is 16.1 Å². The fourth-order valence-electron chi connectivity index (χ4n) is 1.69. The van der Waals surface area contributed by atoms with Crippen LogP contribution in [0.15, 0.2) is 30.6 Å². The van der Waals surface area contributed by atoms with Gasteiger partial charge in [-0.15, -0.1) is 0 Å². The second kappa shape index (κ2) is 5.05. The molecule has 2 N–H and O–H groups in total. The van der Waals surface area contributed by atoms with Gasteiger partial charge in [-0.05, 0) is 12.1 Å². The average Bonchev–Trinajstić information content (AvgIpc) is 2.71. The van der Waals surface area contributed by atoms with Gasteiger partial charge in [0.1, 0.15) is 11.8 Å². The van der Waals surface area contributed by atoms with E-state index in [1.54, 1.807) is 29.8 Å². The van der Waals surface area contributed by atoms with Gasteiger partial charge in [-0.25, -0.2) is 18.1 Å². The Kier molecular flexibility index (Phi) is 3.65. The highest BCUT2D eigenvalue weighted by Gasteiger charge is 2.20. The Balaban J connectivity index is 0.00000180. The fourth-order valence-corrected chi connectivity index (χ4v) is 2.83. The van der Waals surface area contributed by atoms with Crippen molar-refractivity contribution >= 4 is 15.7 Å². The molecule has 0 aliphatic carbocycles. The Morgan fingerprint density at radius 3 is 3.00 bits per heavy atom. The number of hydrogen-bond donors (Lipinski definition) is 2. The number of aliphatic hydroxyl groups is 1. The molecule has 0 unspecified atom stereocenters. The van der Waals surface area contributed by atoms with Crippen LogP contribution in [-0.4, -0.2) is 35.2 Å². The van der Waals surface area contributed by atoms with Gasteiger partial charge in [0.2, 0.25) is 10.0 Å². The smallest absolute Gasteiger partial charge is 0.214 e. The van der Waals surface area contributed by atoms with Crippen LogP contribution in [0.2, 0.25) is 0 Å². The number of hydrogen-bond acceptors (Lipinski definition) is 4. The van der Waals surface area contributed by atoms with Crippen molar-refractivity contribution in [1.82, 2.24) is 14.1 Å². The van der Waals surface area contributed by atoms with Gasteiger partial charge in [-0.2, -0.15) is 0 Å². The molecular weight excluding hydrogens is 254 g/mol. The van der Waals surface area contributed by atoms with Gasteiger partial charge in [-0.1, -0.05) is 13.0 Å². The van der Waals surface area contributed by atoms with Crippen molar-refractivity contribution in [2.24, 2.45) is 0 Å². The summed E-state index contributed by atoms with van der Waals surface area (Å²) in [7, 11) is -3.47. The van der Waals surface area contributed by atoms with Crippen LogP contribution in [0, 0.1) is 0 Å². The predicted octanol–water partition coefficient (Wildman–Crippen LogP) is 0.553. The number of imidazole rings is 1. The zero-order chi connectivity index (χ0) is 13.2. The lowest BCUT2D eigenvalue weighted by Gasteiger charge is -2.08. The molecule has 0 bridgehead atoms. The second-order valence-electron chi connectivity index (χ2n) is 3.93. The molecule has 6 nitrogen and oxygen atoms in total. The van der Waals surface area contributed by atoms with E-state index in [1.165, 1.54) is 0 Å². The normalized spacial score (nSPS) is 13.9. The van der Waals surface area contributed by atoms with Crippen LogP contribution in [0.3, 0.4) is 0 Å². The Labute approximate surface area is 107 Å². The van der Waals surface area contributed by atoms with E-state index in [2.05, 4.69) is 9.71 Å². The van der Waals surface area contributed by atoms with Gasteiger partial charge in [0, 0.05) is 20.4 Å². The molecule has 2 heterocycles. The first-order valence-electron chi connectivity index (χ1n) is 5.61. The van der Waals surface area contributed by atoms with E-state index >= 15 is 0 Å². The molecule has 18 heavy (non-hydrogen) atoms. The van der Waals surface area contributed by atoms with Crippen molar-refractivity contribution in [2.45, 2.75) is 13.0 Å². The van der Waals surface area contributed by atoms with Crippen molar-refractivity contribution in [3.63, 3.8) is 0 Å². The zero-order valence-corrected chi connectivity index (χ0v) is 10.8. The summed E-state index contributed by atoms with van der Waals surface area (Å²) in [5.41, 5.74) is 1.02. The topological polar surface area (TPSA) is 83.7 Å². The second-order valence-corrected chi connectivity index (χ2v) is 5.78. The van der Waals surface area contributed by atoms with Gasteiger partial charge in [0.25, 0.3) is 0 Å². The first-order chi connectivity index (χ1) is 8.52. The third-order valence-electron chi connectivity index (χ3n) is 2.47. The minimum atomic E-state index is -3.47. The number of sulfonamides is 1. The molecular formula is C11H17N3O3S. The summed E-state index contributed by atoms with van der Waals surface area (Å²) in [5.74, 6) is -0.384. The van der Waals surface area contributed by atoms with E-state index in [0.29, 0.717) is 17.9 Å². The molecule has 0 aromatic carbocycles. The van der Waals surface area contributed by atoms with Crippen LogP contribution >= 0.6 is 0 Å². The Hall–Kier alpha value is -1.44. The Bertz CT molecular complexity index is 608. The van der Waals surface area contributed by atoms with Gasteiger partial charge in [0.15, 0.2) is 0 Å². The van der Waals surface area contributed by atoms with Crippen molar-refractivity contribution in [3.05, 3.63) is 36.3 Å². The summed E-state index contributed by atoms with van der Waals surface area (Å²) in [6, 6.07) is 5.45. The van der Waals surface area contributed by atoms with Gasteiger partial charge >= 0.3 is 0 Å². The van der Waals surface area contributed by atoms with Crippen LogP contribution in [0.4, 0.5) is 0 Å². The molecule has 7 heteroatoms. The molecule has 0 aliphatic heterocycles. The summed E-state index contributed by atoms with van der Waals surface area (Å²) >= 11 is 0. The van der Waals surface area contributed by atoms with E-state index in [9.17, 15) is 13.5 Å². The maximum absolute atomic E-state index is 11.5. The molecule has 1 atom stereocenters. The first-order valence-corrected chi connectivity index (χ1v) is 7.26. The van der Waals surface area contributed by atoms with Crippen molar-refractivity contribution in [3.8, 4) is 0 Å². The maximum Gasteiger partial charge on any atom is 0.214 e. The monoisotopic (exact) mass is 271 g/mol.